The molecule has 2 heterocycles. The van der Waals surface area contributed by atoms with Gasteiger partial charge in [-0.3, -0.25) is 19.7 Å². The second-order valence-corrected chi connectivity index (χ2v) is 5.11. The summed E-state index contributed by atoms with van der Waals surface area (Å²) >= 11 is 5.91. The van der Waals surface area contributed by atoms with Crippen molar-refractivity contribution in [2.24, 2.45) is 0 Å². The van der Waals surface area contributed by atoms with E-state index in [4.69, 9.17) is 11.6 Å². The van der Waals surface area contributed by atoms with Crippen molar-refractivity contribution in [3.63, 3.8) is 0 Å². The molecule has 0 saturated carbocycles. The zero-order valence-electron chi connectivity index (χ0n) is 10.6. The molecule has 0 radical (unpaired) electrons. The molecule has 1 saturated heterocycles. The van der Waals surface area contributed by atoms with Gasteiger partial charge in [-0.05, 0) is 19.9 Å². The van der Waals surface area contributed by atoms with Crippen LogP contribution < -0.4 is 5.32 Å². The molecule has 0 atom stereocenters. The quantitative estimate of drug-likeness (QED) is 0.817. The topological polar surface area (TPSA) is 71.4 Å². The molecular weight excluding hydrogens is 270 g/mol. The number of nitrogens with one attached hydrogen (secondary N) is 1. The van der Waals surface area contributed by atoms with Gasteiger partial charge in [0.15, 0.2) is 0 Å². The van der Waals surface area contributed by atoms with Crippen molar-refractivity contribution in [1.82, 2.24) is 14.8 Å². The fourth-order valence-corrected chi connectivity index (χ4v) is 2.20. The molecule has 1 aliphatic heterocycles. The number of hydrogen-bond donors (Lipinski definition) is 1. The largest absolute Gasteiger partial charge is 0.339 e. The summed E-state index contributed by atoms with van der Waals surface area (Å²) in [5.41, 5.74) is 0.377. The number of carbonyl (C=O) groups is 3. The smallest absolute Gasteiger partial charge is 0.271 e. The first-order valence-corrected chi connectivity index (χ1v) is 6.25. The lowest BCUT2D eigenvalue weighted by Gasteiger charge is -2.26. The van der Waals surface area contributed by atoms with Gasteiger partial charge in [-0.2, -0.15) is 0 Å². The average Bonchev–Trinajstić information content (AvgIpc) is 2.69. The summed E-state index contributed by atoms with van der Waals surface area (Å²) < 4.78 is 1.72. The van der Waals surface area contributed by atoms with Crippen molar-refractivity contribution in [1.29, 1.82) is 0 Å². The first-order chi connectivity index (χ1) is 8.88. The Balaban J connectivity index is 2.29. The molecule has 0 bridgehead atoms. The van der Waals surface area contributed by atoms with E-state index in [0.29, 0.717) is 10.7 Å². The molecule has 3 amide bonds. The molecule has 102 valence electrons. The normalized spacial score (nSPS) is 15.9. The number of nitrogens with zero attached hydrogens (tertiary/aromatic N) is 2. The standard InChI is InChI=1S/C12H14ClN3O3/c1-7(2)16-4-8(13)3-9(16)12(19)15-5-10(17)14-11(18)6-15/h3-4,7H,5-6H2,1-2H3,(H,14,17,18). The lowest BCUT2D eigenvalue weighted by atomic mass is 10.2. The zero-order chi connectivity index (χ0) is 14.2. The van der Waals surface area contributed by atoms with Crippen LogP contribution in [-0.4, -0.2) is 40.3 Å². The maximum atomic E-state index is 12.3. The Morgan fingerprint density at radius 3 is 2.42 bits per heavy atom. The first-order valence-electron chi connectivity index (χ1n) is 5.88. The second-order valence-electron chi connectivity index (χ2n) is 4.68. The molecule has 0 aromatic carbocycles. The van der Waals surface area contributed by atoms with E-state index in [9.17, 15) is 14.4 Å². The number of halogens is 1. The molecule has 0 spiro atoms. The van der Waals surface area contributed by atoms with Gasteiger partial charge in [0.25, 0.3) is 5.91 Å². The molecule has 2 rings (SSSR count). The second kappa shape index (κ2) is 5.05. The predicted octanol–water partition coefficient (Wildman–Crippen LogP) is 0.821. The van der Waals surface area contributed by atoms with E-state index in [2.05, 4.69) is 5.32 Å². The molecule has 1 aliphatic rings. The summed E-state index contributed by atoms with van der Waals surface area (Å²) in [5, 5.41) is 2.60. The lowest BCUT2D eigenvalue weighted by molar-refractivity contribution is -0.135. The van der Waals surface area contributed by atoms with Crippen LogP contribution in [0.1, 0.15) is 30.4 Å². The monoisotopic (exact) mass is 283 g/mol. The fourth-order valence-electron chi connectivity index (χ4n) is 1.99. The minimum absolute atomic E-state index is 0.0563. The van der Waals surface area contributed by atoms with E-state index in [-0.39, 0.29) is 25.0 Å². The summed E-state index contributed by atoms with van der Waals surface area (Å²) in [5.74, 6) is -1.32. The number of rotatable bonds is 2. The summed E-state index contributed by atoms with van der Waals surface area (Å²) in [6.07, 6.45) is 1.66. The van der Waals surface area contributed by atoms with Crippen LogP contribution in [0.4, 0.5) is 0 Å². The highest BCUT2D eigenvalue weighted by Crippen LogP contribution is 2.20. The van der Waals surface area contributed by atoms with Gasteiger partial charge < -0.3 is 9.47 Å². The lowest BCUT2D eigenvalue weighted by Crippen LogP contribution is -2.53. The van der Waals surface area contributed by atoms with Crippen LogP contribution in [0.25, 0.3) is 0 Å². The van der Waals surface area contributed by atoms with Crippen LogP contribution in [0.3, 0.4) is 0 Å². The van der Waals surface area contributed by atoms with E-state index in [0.717, 1.165) is 0 Å². The Morgan fingerprint density at radius 1 is 1.32 bits per heavy atom. The van der Waals surface area contributed by atoms with E-state index in [1.807, 2.05) is 13.8 Å². The third-order valence-electron chi connectivity index (χ3n) is 2.83. The van der Waals surface area contributed by atoms with Crippen molar-refractivity contribution in [3.05, 3.63) is 23.0 Å². The van der Waals surface area contributed by atoms with Crippen molar-refractivity contribution >= 4 is 29.3 Å². The van der Waals surface area contributed by atoms with Gasteiger partial charge in [0.2, 0.25) is 11.8 Å². The molecule has 1 N–H and O–H groups in total. The van der Waals surface area contributed by atoms with Crippen LogP contribution in [0, 0.1) is 0 Å². The van der Waals surface area contributed by atoms with Gasteiger partial charge in [-0.1, -0.05) is 11.6 Å². The van der Waals surface area contributed by atoms with Gasteiger partial charge in [-0.25, -0.2) is 0 Å². The van der Waals surface area contributed by atoms with Crippen LogP contribution in [-0.2, 0) is 9.59 Å². The Labute approximate surface area is 115 Å². The number of carbonyl (C=O) groups excluding carboxylic acids is 3. The summed E-state index contributed by atoms with van der Waals surface area (Å²) in [4.78, 5) is 36.1. The van der Waals surface area contributed by atoms with Gasteiger partial charge in [0.05, 0.1) is 5.02 Å². The highest BCUT2D eigenvalue weighted by molar-refractivity contribution is 6.31. The molecule has 7 heteroatoms. The van der Waals surface area contributed by atoms with Crippen molar-refractivity contribution in [2.75, 3.05) is 13.1 Å². The third-order valence-corrected chi connectivity index (χ3v) is 3.03. The SMILES string of the molecule is CC(C)n1cc(Cl)cc1C(=O)N1CC(=O)NC(=O)C1. The van der Waals surface area contributed by atoms with Crippen LogP contribution in [0.5, 0.6) is 0 Å². The Kier molecular flexibility index (Phi) is 3.61. The Morgan fingerprint density at radius 2 is 1.89 bits per heavy atom. The summed E-state index contributed by atoms with van der Waals surface area (Å²) in [6.45, 7) is 3.60. The Bertz CT molecular complexity index is 534. The average molecular weight is 284 g/mol. The predicted molar refractivity (Wildman–Crippen MR) is 68.9 cm³/mol. The molecule has 6 nitrogen and oxygen atoms in total. The van der Waals surface area contributed by atoms with Gasteiger partial charge in [-0.15, -0.1) is 0 Å². The maximum absolute atomic E-state index is 12.3. The van der Waals surface area contributed by atoms with E-state index in [1.54, 1.807) is 16.8 Å². The molecule has 1 fully saturated rings. The van der Waals surface area contributed by atoms with Crippen LogP contribution >= 0.6 is 11.6 Å². The van der Waals surface area contributed by atoms with E-state index in [1.165, 1.54) is 4.90 Å². The Hall–Kier alpha value is -1.82. The minimum Gasteiger partial charge on any atom is -0.339 e. The van der Waals surface area contributed by atoms with Gasteiger partial charge in [0.1, 0.15) is 18.8 Å². The van der Waals surface area contributed by atoms with Crippen molar-refractivity contribution in [2.45, 2.75) is 19.9 Å². The molecule has 0 unspecified atom stereocenters. The molecule has 1 aromatic heterocycles. The molecule has 0 aliphatic carbocycles. The van der Waals surface area contributed by atoms with Gasteiger partial charge in [0, 0.05) is 12.2 Å². The number of aromatic nitrogens is 1. The summed E-state index contributed by atoms with van der Waals surface area (Å²) in [7, 11) is 0. The van der Waals surface area contributed by atoms with Crippen molar-refractivity contribution < 1.29 is 14.4 Å². The molecule has 19 heavy (non-hydrogen) atoms. The zero-order valence-corrected chi connectivity index (χ0v) is 11.4. The van der Waals surface area contributed by atoms with E-state index >= 15 is 0 Å². The van der Waals surface area contributed by atoms with Crippen LogP contribution in [0.15, 0.2) is 12.3 Å². The number of piperazine rings is 1. The highest BCUT2D eigenvalue weighted by atomic mass is 35.5. The van der Waals surface area contributed by atoms with Crippen molar-refractivity contribution in [3.8, 4) is 0 Å². The fraction of sp³-hybridized carbons (Fsp3) is 0.417. The molecule has 1 aromatic rings. The number of amides is 3. The van der Waals surface area contributed by atoms with E-state index < -0.39 is 11.8 Å². The number of imide groups is 1. The maximum Gasteiger partial charge on any atom is 0.271 e. The minimum atomic E-state index is -0.474. The highest BCUT2D eigenvalue weighted by Gasteiger charge is 2.29. The first kappa shape index (κ1) is 13.6. The third kappa shape index (κ3) is 2.78. The summed E-state index contributed by atoms with van der Waals surface area (Å²) in [6, 6.07) is 1.60. The van der Waals surface area contributed by atoms with Gasteiger partial charge >= 0.3 is 0 Å². The van der Waals surface area contributed by atoms with Crippen LogP contribution in [0.2, 0.25) is 5.02 Å². The number of hydrogen-bond acceptors (Lipinski definition) is 3. The molecular formula is C12H14ClN3O3.